The van der Waals surface area contributed by atoms with Crippen LogP contribution >= 0.6 is 11.8 Å². The Morgan fingerprint density at radius 3 is 3.00 bits per heavy atom. The van der Waals surface area contributed by atoms with Crippen molar-refractivity contribution in [3.8, 4) is 0 Å². The van der Waals surface area contributed by atoms with Gasteiger partial charge < -0.3 is 10.5 Å². The van der Waals surface area contributed by atoms with Gasteiger partial charge in [-0.2, -0.15) is 11.8 Å². The van der Waals surface area contributed by atoms with Crippen LogP contribution in [0.2, 0.25) is 0 Å². The standard InChI is InChI=1S/C14H28N2OS/c1-2-18-10-7-12(11-15)16-8-9-17-14-6-4-3-5-13(14)16/h12-14H,2-11,15H2,1H3. The minimum atomic E-state index is 0.486. The van der Waals surface area contributed by atoms with Gasteiger partial charge in [-0.15, -0.1) is 0 Å². The second kappa shape index (κ2) is 7.73. The number of hydrogen-bond acceptors (Lipinski definition) is 4. The highest BCUT2D eigenvalue weighted by molar-refractivity contribution is 7.99. The Hall–Kier alpha value is 0.230. The third kappa shape index (κ3) is 3.62. The van der Waals surface area contributed by atoms with Gasteiger partial charge in [-0.1, -0.05) is 19.8 Å². The van der Waals surface area contributed by atoms with Gasteiger partial charge in [0, 0.05) is 25.2 Å². The molecule has 2 aliphatic rings. The summed E-state index contributed by atoms with van der Waals surface area (Å²) in [6, 6.07) is 1.21. The van der Waals surface area contributed by atoms with E-state index in [1.165, 1.54) is 43.6 Å². The van der Waals surface area contributed by atoms with Crippen LogP contribution in [-0.2, 0) is 4.74 Å². The summed E-state index contributed by atoms with van der Waals surface area (Å²) in [6.45, 7) is 5.01. The Labute approximate surface area is 116 Å². The van der Waals surface area contributed by atoms with E-state index in [1.54, 1.807) is 0 Å². The quantitative estimate of drug-likeness (QED) is 0.752. The van der Waals surface area contributed by atoms with Crippen LogP contribution in [0.3, 0.4) is 0 Å². The van der Waals surface area contributed by atoms with Gasteiger partial charge in [-0.3, -0.25) is 4.90 Å². The topological polar surface area (TPSA) is 38.5 Å². The highest BCUT2D eigenvalue weighted by Gasteiger charge is 2.36. The van der Waals surface area contributed by atoms with Crippen molar-refractivity contribution < 1.29 is 4.74 Å². The average molecular weight is 272 g/mol. The second-order valence-corrected chi connectivity index (χ2v) is 6.77. The van der Waals surface area contributed by atoms with Crippen molar-refractivity contribution in [1.82, 2.24) is 4.90 Å². The van der Waals surface area contributed by atoms with E-state index >= 15 is 0 Å². The van der Waals surface area contributed by atoms with Crippen LogP contribution in [0.15, 0.2) is 0 Å². The number of thioether (sulfide) groups is 1. The summed E-state index contributed by atoms with van der Waals surface area (Å²) >= 11 is 2.03. The Balaban J connectivity index is 1.90. The van der Waals surface area contributed by atoms with Gasteiger partial charge in [0.05, 0.1) is 12.7 Å². The SMILES string of the molecule is CCSCCC(CN)N1CCOC2CCCCC21. The summed E-state index contributed by atoms with van der Waals surface area (Å²) in [5.74, 6) is 2.46. The molecule has 0 aromatic rings. The van der Waals surface area contributed by atoms with Gasteiger partial charge in [0.1, 0.15) is 0 Å². The molecule has 3 atom stereocenters. The number of fused-ring (bicyclic) bond motifs is 1. The molecule has 3 nitrogen and oxygen atoms in total. The molecule has 0 spiro atoms. The lowest BCUT2D eigenvalue weighted by molar-refractivity contribution is -0.101. The van der Waals surface area contributed by atoms with Gasteiger partial charge in [0.2, 0.25) is 0 Å². The number of hydrogen-bond donors (Lipinski definition) is 1. The molecule has 1 saturated heterocycles. The van der Waals surface area contributed by atoms with Gasteiger partial charge in [0.15, 0.2) is 0 Å². The van der Waals surface area contributed by atoms with Crippen molar-refractivity contribution in [3.05, 3.63) is 0 Å². The van der Waals surface area contributed by atoms with Crippen LogP contribution < -0.4 is 5.73 Å². The minimum absolute atomic E-state index is 0.486. The fraction of sp³-hybridized carbons (Fsp3) is 1.00. The van der Waals surface area contributed by atoms with Crippen LogP contribution in [0.1, 0.15) is 39.0 Å². The lowest BCUT2D eigenvalue weighted by atomic mass is 9.89. The molecule has 18 heavy (non-hydrogen) atoms. The lowest BCUT2D eigenvalue weighted by Crippen LogP contribution is -2.58. The van der Waals surface area contributed by atoms with E-state index in [0.717, 1.165) is 19.7 Å². The third-order valence-corrected chi connectivity index (χ3v) is 5.25. The van der Waals surface area contributed by atoms with Gasteiger partial charge in [-0.05, 0) is 30.8 Å². The van der Waals surface area contributed by atoms with Crippen LogP contribution in [0, 0.1) is 0 Å². The summed E-state index contributed by atoms with van der Waals surface area (Å²) in [5.41, 5.74) is 6.02. The first kappa shape index (κ1) is 14.6. The average Bonchev–Trinajstić information content (AvgIpc) is 2.43. The van der Waals surface area contributed by atoms with Crippen molar-refractivity contribution in [2.75, 3.05) is 31.2 Å². The van der Waals surface area contributed by atoms with Crippen molar-refractivity contribution in [3.63, 3.8) is 0 Å². The second-order valence-electron chi connectivity index (χ2n) is 5.37. The van der Waals surface area contributed by atoms with Crippen LogP contribution in [-0.4, -0.2) is 54.3 Å². The van der Waals surface area contributed by atoms with Crippen molar-refractivity contribution >= 4 is 11.8 Å². The van der Waals surface area contributed by atoms with Crippen molar-refractivity contribution in [2.24, 2.45) is 5.73 Å². The van der Waals surface area contributed by atoms with E-state index in [1.807, 2.05) is 11.8 Å². The summed E-state index contributed by atoms with van der Waals surface area (Å²) in [6.07, 6.45) is 6.98. The van der Waals surface area contributed by atoms with Crippen LogP contribution in [0.5, 0.6) is 0 Å². The van der Waals surface area contributed by atoms with E-state index in [-0.39, 0.29) is 0 Å². The maximum atomic E-state index is 6.02. The van der Waals surface area contributed by atoms with Gasteiger partial charge >= 0.3 is 0 Å². The molecule has 0 aromatic carbocycles. The lowest BCUT2D eigenvalue weighted by Gasteiger charge is -2.47. The van der Waals surface area contributed by atoms with E-state index < -0.39 is 0 Å². The number of morpholine rings is 1. The summed E-state index contributed by atoms with van der Waals surface area (Å²) < 4.78 is 5.94. The van der Waals surface area contributed by atoms with E-state index in [0.29, 0.717) is 18.2 Å². The van der Waals surface area contributed by atoms with Gasteiger partial charge in [0.25, 0.3) is 0 Å². The molecular weight excluding hydrogens is 244 g/mol. The Kier molecular flexibility index (Phi) is 6.29. The molecule has 3 unspecified atom stereocenters. The maximum absolute atomic E-state index is 6.02. The first-order chi connectivity index (χ1) is 8.86. The van der Waals surface area contributed by atoms with Gasteiger partial charge in [-0.25, -0.2) is 0 Å². The molecule has 1 heterocycles. The largest absolute Gasteiger partial charge is 0.375 e. The Bertz CT molecular complexity index is 238. The Morgan fingerprint density at radius 1 is 1.39 bits per heavy atom. The molecule has 4 heteroatoms. The first-order valence-corrected chi connectivity index (χ1v) is 8.67. The van der Waals surface area contributed by atoms with Crippen molar-refractivity contribution in [2.45, 2.75) is 57.2 Å². The molecule has 1 aliphatic carbocycles. The Morgan fingerprint density at radius 2 is 2.22 bits per heavy atom. The molecule has 106 valence electrons. The first-order valence-electron chi connectivity index (χ1n) is 7.52. The van der Waals surface area contributed by atoms with Crippen LogP contribution in [0.4, 0.5) is 0 Å². The molecule has 0 radical (unpaired) electrons. The molecular formula is C14H28N2OS. The van der Waals surface area contributed by atoms with Crippen molar-refractivity contribution in [1.29, 1.82) is 0 Å². The van der Waals surface area contributed by atoms with E-state index in [2.05, 4.69) is 11.8 Å². The highest BCUT2D eigenvalue weighted by atomic mass is 32.2. The van der Waals surface area contributed by atoms with E-state index in [4.69, 9.17) is 10.5 Å². The highest BCUT2D eigenvalue weighted by Crippen LogP contribution is 2.30. The zero-order valence-electron chi connectivity index (χ0n) is 11.6. The predicted molar refractivity (Wildman–Crippen MR) is 79.2 cm³/mol. The minimum Gasteiger partial charge on any atom is -0.375 e. The maximum Gasteiger partial charge on any atom is 0.0731 e. The summed E-state index contributed by atoms with van der Waals surface area (Å²) in [5, 5.41) is 0. The zero-order chi connectivity index (χ0) is 12.8. The number of nitrogens with zero attached hydrogens (tertiary/aromatic N) is 1. The molecule has 0 aromatic heterocycles. The third-order valence-electron chi connectivity index (χ3n) is 4.32. The molecule has 1 saturated carbocycles. The predicted octanol–water partition coefficient (Wildman–Crippen LogP) is 2.10. The zero-order valence-corrected chi connectivity index (χ0v) is 12.5. The van der Waals surface area contributed by atoms with Crippen LogP contribution in [0.25, 0.3) is 0 Å². The summed E-state index contributed by atoms with van der Waals surface area (Å²) in [7, 11) is 0. The molecule has 2 fully saturated rings. The fourth-order valence-corrected chi connectivity index (χ4v) is 4.09. The molecule has 0 amide bonds. The number of nitrogens with two attached hydrogens (primary N) is 1. The number of rotatable bonds is 6. The van der Waals surface area contributed by atoms with E-state index in [9.17, 15) is 0 Å². The molecule has 2 rings (SSSR count). The summed E-state index contributed by atoms with van der Waals surface area (Å²) in [4.78, 5) is 2.67. The normalized spacial score (nSPS) is 31.0. The molecule has 1 aliphatic heterocycles. The number of ether oxygens (including phenoxy) is 1. The smallest absolute Gasteiger partial charge is 0.0731 e. The monoisotopic (exact) mass is 272 g/mol. The molecule has 0 bridgehead atoms. The molecule has 2 N–H and O–H groups in total. The fourth-order valence-electron chi connectivity index (χ4n) is 3.36.